The van der Waals surface area contributed by atoms with Crippen LogP contribution < -0.4 is 0 Å². The fourth-order valence-electron chi connectivity index (χ4n) is 3.32. The molecular weight excluding hydrogens is 206 g/mol. The molecule has 3 rings (SSSR count). The minimum Gasteiger partial charge on any atom is -0.373 e. The molecule has 0 aromatic heterocycles. The Labute approximate surface area is 94.9 Å². The van der Waals surface area contributed by atoms with Gasteiger partial charge in [-0.1, -0.05) is 13.8 Å². The van der Waals surface area contributed by atoms with Gasteiger partial charge in [0.05, 0.1) is 24.0 Å². The van der Waals surface area contributed by atoms with E-state index < -0.39 is 0 Å². The molecule has 2 amide bonds. The second-order valence-electron chi connectivity index (χ2n) is 5.52. The number of imide groups is 1. The number of nitrogens with zero attached hydrogens (tertiary/aromatic N) is 1. The van der Waals surface area contributed by atoms with E-state index in [4.69, 9.17) is 4.74 Å². The normalized spacial score (nSPS) is 41.3. The molecule has 0 N–H and O–H groups in total. The predicted octanol–water partition coefficient (Wildman–Crippen LogP) is 0.805. The van der Waals surface area contributed by atoms with Crippen molar-refractivity contribution in [3.63, 3.8) is 0 Å². The van der Waals surface area contributed by atoms with Crippen molar-refractivity contribution in [2.45, 2.75) is 38.9 Å². The summed E-state index contributed by atoms with van der Waals surface area (Å²) in [6.07, 6.45) is 1.92. The fourth-order valence-corrected chi connectivity index (χ4v) is 3.32. The van der Waals surface area contributed by atoms with Crippen molar-refractivity contribution in [1.29, 1.82) is 0 Å². The number of hydrogen-bond acceptors (Lipinski definition) is 3. The second-order valence-corrected chi connectivity index (χ2v) is 5.52. The highest BCUT2D eigenvalue weighted by atomic mass is 16.5. The number of ether oxygens (including phenoxy) is 1. The van der Waals surface area contributed by atoms with Gasteiger partial charge in [-0.05, 0) is 18.8 Å². The molecule has 3 aliphatic heterocycles. The number of hydrogen-bond donors (Lipinski definition) is 0. The molecule has 4 atom stereocenters. The van der Waals surface area contributed by atoms with Crippen LogP contribution in [0.1, 0.15) is 26.7 Å². The Bertz CT molecular complexity index is 324. The minimum absolute atomic E-state index is 0.0101. The average molecular weight is 223 g/mol. The molecule has 0 unspecified atom stereocenters. The highest BCUT2D eigenvalue weighted by molar-refractivity contribution is 6.06. The molecule has 4 nitrogen and oxygen atoms in total. The van der Waals surface area contributed by atoms with Crippen LogP contribution in [0.3, 0.4) is 0 Å². The fraction of sp³-hybridized carbons (Fsp3) is 0.833. The highest BCUT2D eigenvalue weighted by Gasteiger charge is 2.62. The summed E-state index contributed by atoms with van der Waals surface area (Å²) in [6.45, 7) is 4.61. The summed E-state index contributed by atoms with van der Waals surface area (Å²) in [5.74, 6) is 0.0343. The van der Waals surface area contributed by atoms with E-state index in [-0.39, 0.29) is 35.9 Å². The van der Waals surface area contributed by atoms with Gasteiger partial charge in [-0.2, -0.15) is 0 Å². The Morgan fingerprint density at radius 2 is 1.69 bits per heavy atom. The molecule has 3 fully saturated rings. The Hall–Kier alpha value is -0.900. The van der Waals surface area contributed by atoms with E-state index in [0.717, 1.165) is 12.8 Å². The minimum atomic E-state index is -0.162. The Balaban J connectivity index is 1.86. The van der Waals surface area contributed by atoms with Crippen LogP contribution in [0.5, 0.6) is 0 Å². The summed E-state index contributed by atoms with van der Waals surface area (Å²) in [7, 11) is 0. The number of amides is 2. The van der Waals surface area contributed by atoms with Crippen molar-refractivity contribution >= 4 is 11.8 Å². The van der Waals surface area contributed by atoms with E-state index in [1.165, 1.54) is 4.90 Å². The molecule has 3 heterocycles. The molecule has 3 saturated heterocycles. The third-order valence-electron chi connectivity index (χ3n) is 3.92. The molecule has 88 valence electrons. The summed E-state index contributed by atoms with van der Waals surface area (Å²) < 4.78 is 5.67. The van der Waals surface area contributed by atoms with Gasteiger partial charge in [-0.3, -0.25) is 14.5 Å². The van der Waals surface area contributed by atoms with Gasteiger partial charge in [0.25, 0.3) is 0 Å². The van der Waals surface area contributed by atoms with Gasteiger partial charge in [0.2, 0.25) is 11.8 Å². The van der Waals surface area contributed by atoms with Crippen molar-refractivity contribution in [1.82, 2.24) is 4.90 Å². The molecule has 0 aromatic carbocycles. The molecular formula is C12H17NO3. The lowest BCUT2D eigenvalue weighted by Crippen LogP contribution is -2.36. The van der Waals surface area contributed by atoms with Crippen molar-refractivity contribution in [2.75, 3.05) is 6.54 Å². The molecule has 0 aromatic rings. The molecule has 4 heteroatoms. The van der Waals surface area contributed by atoms with Crippen LogP contribution in [0.15, 0.2) is 0 Å². The van der Waals surface area contributed by atoms with E-state index in [9.17, 15) is 9.59 Å². The zero-order valence-corrected chi connectivity index (χ0v) is 9.68. The van der Waals surface area contributed by atoms with Gasteiger partial charge in [-0.25, -0.2) is 0 Å². The predicted molar refractivity (Wildman–Crippen MR) is 56.4 cm³/mol. The lowest BCUT2D eigenvalue weighted by Gasteiger charge is -2.19. The summed E-state index contributed by atoms with van der Waals surface area (Å²) >= 11 is 0. The standard InChI is InChI=1S/C12H17NO3/c1-6(2)5-13-11(14)9-7-3-4-8(16-7)10(9)12(13)15/h6-10H,3-5H2,1-2H3/t7-,8-,9-,10+/m0/s1. The van der Waals surface area contributed by atoms with Gasteiger partial charge in [0.15, 0.2) is 0 Å². The smallest absolute Gasteiger partial charge is 0.235 e. The second kappa shape index (κ2) is 3.29. The zero-order chi connectivity index (χ0) is 11.4. The summed E-state index contributed by atoms with van der Waals surface area (Å²) in [4.78, 5) is 25.8. The molecule has 2 bridgehead atoms. The number of carbonyl (C=O) groups excluding carboxylic acids is 2. The number of carbonyl (C=O) groups is 2. The van der Waals surface area contributed by atoms with Crippen LogP contribution in [-0.2, 0) is 14.3 Å². The molecule has 0 spiro atoms. The van der Waals surface area contributed by atoms with E-state index in [1.54, 1.807) is 0 Å². The first-order valence-corrected chi connectivity index (χ1v) is 6.10. The molecule has 16 heavy (non-hydrogen) atoms. The maximum Gasteiger partial charge on any atom is 0.235 e. The van der Waals surface area contributed by atoms with Crippen molar-refractivity contribution < 1.29 is 14.3 Å². The molecule has 3 aliphatic rings. The number of likely N-dealkylation sites (tertiary alicyclic amines) is 1. The van der Waals surface area contributed by atoms with E-state index in [1.807, 2.05) is 13.8 Å². The first kappa shape index (κ1) is 10.3. The van der Waals surface area contributed by atoms with Crippen LogP contribution in [0.2, 0.25) is 0 Å². The van der Waals surface area contributed by atoms with Gasteiger partial charge >= 0.3 is 0 Å². The third-order valence-corrected chi connectivity index (χ3v) is 3.92. The third kappa shape index (κ3) is 1.19. The molecule has 0 aliphatic carbocycles. The molecule has 0 saturated carbocycles. The SMILES string of the molecule is CC(C)CN1C(=O)[C@@H]2[C@H](C1=O)[C@@H]1CC[C@@H]2O1. The maximum atomic E-state index is 12.1. The average Bonchev–Trinajstić information content (AvgIpc) is 2.87. The van der Waals surface area contributed by atoms with Crippen LogP contribution in [-0.4, -0.2) is 35.5 Å². The van der Waals surface area contributed by atoms with Gasteiger partial charge in [0, 0.05) is 6.54 Å². The lowest BCUT2D eigenvalue weighted by atomic mass is 9.81. The Morgan fingerprint density at radius 1 is 1.19 bits per heavy atom. The monoisotopic (exact) mass is 223 g/mol. The largest absolute Gasteiger partial charge is 0.373 e. The van der Waals surface area contributed by atoms with Crippen LogP contribution in [0, 0.1) is 17.8 Å². The number of fused-ring (bicyclic) bond motifs is 5. The van der Waals surface area contributed by atoms with Crippen LogP contribution in [0.25, 0.3) is 0 Å². The first-order valence-electron chi connectivity index (χ1n) is 6.10. The Kier molecular flexibility index (Phi) is 2.11. The number of rotatable bonds is 2. The summed E-state index contributed by atoms with van der Waals surface area (Å²) in [5, 5.41) is 0. The lowest BCUT2D eigenvalue weighted by molar-refractivity contribution is -0.143. The van der Waals surface area contributed by atoms with Crippen molar-refractivity contribution in [3.8, 4) is 0 Å². The van der Waals surface area contributed by atoms with Gasteiger partial charge in [0.1, 0.15) is 0 Å². The summed E-state index contributed by atoms with van der Waals surface area (Å²) in [6, 6.07) is 0. The van der Waals surface area contributed by atoms with Crippen LogP contribution >= 0.6 is 0 Å². The van der Waals surface area contributed by atoms with E-state index >= 15 is 0 Å². The zero-order valence-electron chi connectivity index (χ0n) is 9.68. The van der Waals surface area contributed by atoms with E-state index in [2.05, 4.69) is 0 Å². The van der Waals surface area contributed by atoms with Gasteiger partial charge in [-0.15, -0.1) is 0 Å². The first-order chi connectivity index (χ1) is 7.59. The quantitative estimate of drug-likeness (QED) is 0.651. The highest BCUT2D eigenvalue weighted by Crippen LogP contribution is 2.48. The topological polar surface area (TPSA) is 46.6 Å². The molecule has 0 radical (unpaired) electrons. The van der Waals surface area contributed by atoms with E-state index in [0.29, 0.717) is 12.5 Å². The maximum absolute atomic E-state index is 12.1. The summed E-state index contributed by atoms with van der Waals surface area (Å²) in [5.41, 5.74) is 0. The van der Waals surface area contributed by atoms with Crippen molar-refractivity contribution in [2.24, 2.45) is 17.8 Å². The Morgan fingerprint density at radius 3 is 2.12 bits per heavy atom. The van der Waals surface area contributed by atoms with Crippen molar-refractivity contribution in [3.05, 3.63) is 0 Å². The van der Waals surface area contributed by atoms with Gasteiger partial charge < -0.3 is 4.74 Å². The van der Waals surface area contributed by atoms with Crippen LogP contribution in [0.4, 0.5) is 0 Å².